The lowest BCUT2D eigenvalue weighted by atomic mass is 10.3. The van der Waals surface area contributed by atoms with Gasteiger partial charge in [0.05, 0.1) is 11.9 Å². The zero-order valence-corrected chi connectivity index (χ0v) is 9.95. The molecule has 1 rings (SSSR count). The summed E-state index contributed by atoms with van der Waals surface area (Å²) in [7, 11) is 0. The van der Waals surface area contributed by atoms with Gasteiger partial charge in [0.15, 0.2) is 0 Å². The first-order chi connectivity index (χ1) is 7.63. The summed E-state index contributed by atoms with van der Waals surface area (Å²) < 4.78 is 0. The van der Waals surface area contributed by atoms with E-state index in [1.54, 1.807) is 6.20 Å². The average Bonchev–Trinajstić information content (AvgIpc) is 2.27. The number of hydrogen-bond donors (Lipinski definition) is 2. The van der Waals surface area contributed by atoms with Crippen LogP contribution in [0.3, 0.4) is 0 Å². The Morgan fingerprint density at radius 1 is 1.44 bits per heavy atom. The Bertz CT molecular complexity index is 336. The molecular weight excluding hydrogens is 204 g/mol. The third-order valence-corrected chi connectivity index (χ3v) is 2.13. The summed E-state index contributed by atoms with van der Waals surface area (Å²) in [6.07, 6.45) is 3.07. The van der Waals surface area contributed by atoms with E-state index in [2.05, 4.69) is 20.6 Å². The lowest BCUT2D eigenvalue weighted by molar-refractivity contribution is 0.0945. The molecule has 88 valence electrons. The number of carbonyl (C=O) groups is 1. The largest absolute Gasteiger partial charge is 0.349 e. The van der Waals surface area contributed by atoms with E-state index in [0.717, 1.165) is 12.2 Å². The van der Waals surface area contributed by atoms with Crippen LogP contribution in [0.25, 0.3) is 0 Å². The van der Waals surface area contributed by atoms with Crippen molar-refractivity contribution in [3.05, 3.63) is 23.8 Å². The van der Waals surface area contributed by atoms with Crippen molar-refractivity contribution in [3.63, 3.8) is 0 Å². The molecule has 0 aromatic carbocycles. The van der Waals surface area contributed by atoms with Gasteiger partial charge in [-0.25, -0.2) is 4.98 Å². The van der Waals surface area contributed by atoms with Crippen molar-refractivity contribution in [2.45, 2.75) is 26.8 Å². The van der Waals surface area contributed by atoms with Crippen LogP contribution in [-0.2, 0) is 0 Å². The molecule has 0 aliphatic rings. The van der Waals surface area contributed by atoms with Gasteiger partial charge in [-0.05, 0) is 20.4 Å². The van der Waals surface area contributed by atoms with E-state index in [1.165, 1.54) is 6.20 Å². The zero-order chi connectivity index (χ0) is 12.0. The molecule has 1 amide bonds. The van der Waals surface area contributed by atoms with Gasteiger partial charge in [-0.2, -0.15) is 0 Å². The predicted molar refractivity (Wildman–Crippen MR) is 62.2 cm³/mol. The molecule has 16 heavy (non-hydrogen) atoms. The van der Waals surface area contributed by atoms with E-state index < -0.39 is 0 Å². The van der Waals surface area contributed by atoms with Crippen molar-refractivity contribution < 1.29 is 4.79 Å². The number of hydrogen-bond acceptors (Lipinski definition) is 4. The molecule has 0 unspecified atom stereocenters. The monoisotopic (exact) mass is 222 g/mol. The SMILES string of the molecule is CCN[C@H](C)CNC(=O)c1cnc(C)cn1. The van der Waals surface area contributed by atoms with Crippen molar-refractivity contribution in [2.75, 3.05) is 13.1 Å². The molecule has 0 radical (unpaired) electrons. The Balaban J connectivity index is 2.43. The van der Waals surface area contributed by atoms with Crippen molar-refractivity contribution in [1.82, 2.24) is 20.6 Å². The molecular formula is C11H18N4O. The second-order valence-corrected chi connectivity index (χ2v) is 3.71. The van der Waals surface area contributed by atoms with Crippen molar-refractivity contribution in [3.8, 4) is 0 Å². The van der Waals surface area contributed by atoms with Crippen LogP contribution in [0.4, 0.5) is 0 Å². The maximum Gasteiger partial charge on any atom is 0.271 e. The maximum atomic E-state index is 11.6. The van der Waals surface area contributed by atoms with Gasteiger partial charge in [0, 0.05) is 18.8 Å². The van der Waals surface area contributed by atoms with Crippen molar-refractivity contribution in [1.29, 1.82) is 0 Å². The Morgan fingerprint density at radius 2 is 2.19 bits per heavy atom. The van der Waals surface area contributed by atoms with Gasteiger partial charge in [0.2, 0.25) is 0 Å². The van der Waals surface area contributed by atoms with E-state index >= 15 is 0 Å². The smallest absolute Gasteiger partial charge is 0.271 e. The van der Waals surface area contributed by atoms with Crippen molar-refractivity contribution in [2.24, 2.45) is 0 Å². The molecule has 1 atom stereocenters. The van der Waals surface area contributed by atoms with Crippen LogP contribution in [0.15, 0.2) is 12.4 Å². The van der Waals surface area contributed by atoms with Crippen LogP contribution in [0.5, 0.6) is 0 Å². The van der Waals surface area contributed by atoms with E-state index in [1.807, 2.05) is 20.8 Å². The van der Waals surface area contributed by atoms with Crippen LogP contribution in [0.1, 0.15) is 30.0 Å². The highest BCUT2D eigenvalue weighted by molar-refractivity contribution is 5.91. The highest BCUT2D eigenvalue weighted by atomic mass is 16.1. The number of rotatable bonds is 5. The zero-order valence-electron chi connectivity index (χ0n) is 9.95. The van der Waals surface area contributed by atoms with Crippen LogP contribution in [-0.4, -0.2) is 35.0 Å². The molecule has 0 bridgehead atoms. The molecule has 1 aromatic rings. The molecule has 0 saturated carbocycles. The molecule has 5 nitrogen and oxygen atoms in total. The second-order valence-electron chi connectivity index (χ2n) is 3.71. The highest BCUT2D eigenvalue weighted by Gasteiger charge is 2.08. The van der Waals surface area contributed by atoms with Gasteiger partial charge in [0.25, 0.3) is 5.91 Å². The number of aromatic nitrogens is 2. The van der Waals surface area contributed by atoms with Crippen LogP contribution >= 0.6 is 0 Å². The Labute approximate surface area is 95.7 Å². The molecule has 1 heterocycles. The van der Waals surface area contributed by atoms with Gasteiger partial charge in [-0.1, -0.05) is 6.92 Å². The first-order valence-corrected chi connectivity index (χ1v) is 5.43. The van der Waals surface area contributed by atoms with E-state index in [0.29, 0.717) is 12.2 Å². The number of nitrogens with one attached hydrogen (secondary N) is 2. The van der Waals surface area contributed by atoms with Gasteiger partial charge in [0.1, 0.15) is 5.69 Å². The first-order valence-electron chi connectivity index (χ1n) is 5.43. The summed E-state index contributed by atoms with van der Waals surface area (Å²) >= 11 is 0. The molecule has 0 aliphatic heterocycles. The van der Waals surface area contributed by atoms with Crippen LogP contribution in [0, 0.1) is 6.92 Å². The number of aryl methyl sites for hydroxylation is 1. The Hall–Kier alpha value is -1.49. The molecule has 5 heteroatoms. The lowest BCUT2D eigenvalue weighted by Gasteiger charge is -2.12. The molecule has 2 N–H and O–H groups in total. The molecule has 1 aromatic heterocycles. The third-order valence-electron chi connectivity index (χ3n) is 2.13. The van der Waals surface area contributed by atoms with Crippen LogP contribution in [0.2, 0.25) is 0 Å². The lowest BCUT2D eigenvalue weighted by Crippen LogP contribution is -2.39. The number of nitrogens with zero attached hydrogens (tertiary/aromatic N) is 2. The summed E-state index contributed by atoms with van der Waals surface area (Å²) in [5, 5.41) is 6.01. The van der Waals surface area contributed by atoms with Gasteiger partial charge in [-0.3, -0.25) is 9.78 Å². The van der Waals surface area contributed by atoms with Gasteiger partial charge >= 0.3 is 0 Å². The second kappa shape index (κ2) is 6.17. The fourth-order valence-corrected chi connectivity index (χ4v) is 1.27. The van der Waals surface area contributed by atoms with Gasteiger partial charge in [-0.15, -0.1) is 0 Å². The number of likely N-dealkylation sites (N-methyl/N-ethyl adjacent to an activating group) is 1. The number of carbonyl (C=O) groups excluding carboxylic acids is 1. The molecule has 0 fully saturated rings. The predicted octanol–water partition coefficient (Wildman–Crippen LogP) is 0.513. The van der Waals surface area contributed by atoms with E-state index in [-0.39, 0.29) is 11.9 Å². The summed E-state index contributed by atoms with van der Waals surface area (Å²) in [6.45, 7) is 7.36. The topological polar surface area (TPSA) is 66.9 Å². The third kappa shape index (κ3) is 3.94. The quantitative estimate of drug-likeness (QED) is 0.762. The fraction of sp³-hybridized carbons (Fsp3) is 0.545. The van der Waals surface area contributed by atoms with Crippen LogP contribution < -0.4 is 10.6 Å². The molecule has 0 saturated heterocycles. The summed E-state index contributed by atoms with van der Waals surface area (Å²) in [5.41, 5.74) is 1.16. The average molecular weight is 222 g/mol. The Kier molecular flexibility index (Phi) is 4.85. The highest BCUT2D eigenvalue weighted by Crippen LogP contribution is 1.93. The van der Waals surface area contributed by atoms with Gasteiger partial charge < -0.3 is 10.6 Å². The normalized spacial score (nSPS) is 12.2. The minimum Gasteiger partial charge on any atom is -0.349 e. The summed E-state index contributed by atoms with van der Waals surface area (Å²) in [5.74, 6) is -0.183. The fourth-order valence-electron chi connectivity index (χ4n) is 1.27. The number of amides is 1. The Morgan fingerprint density at radius 3 is 2.75 bits per heavy atom. The standard InChI is InChI=1S/C11H18N4O/c1-4-12-8(2)6-15-11(16)10-7-13-9(3)5-14-10/h5,7-8,12H,4,6H2,1-3H3,(H,15,16)/t8-/m1/s1. The summed E-state index contributed by atoms with van der Waals surface area (Å²) in [6, 6.07) is 0.257. The minimum absolute atomic E-state index is 0.183. The minimum atomic E-state index is -0.183. The first kappa shape index (κ1) is 12.6. The van der Waals surface area contributed by atoms with E-state index in [9.17, 15) is 4.79 Å². The van der Waals surface area contributed by atoms with E-state index in [4.69, 9.17) is 0 Å². The van der Waals surface area contributed by atoms with Crippen molar-refractivity contribution >= 4 is 5.91 Å². The molecule has 0 aliphatic carbocycles. The molecule has 0 spiro atoms. The maximum absolute atomic E-state index is 11.6. The summed E-state index contributed by atoms with van der Waals surface area (Å²) in [4.78, 5) is 19.7.